The number of nitrogens with zero attached hydrogens (tertiary/aromatic N) is 2. The number of halogens is 1. The molecule has 2 N–H and O–H groups in total. The number of furan rings is 1. The van der Waals surface area contributed by atoms with Crippen molar-refractivity contribution in [2.45, 2.75) is 25.5 Å². The van der Waals surface area contributed by atoms with Crippen LogP contribution in [-0.4, -0.2) is 61.1 Å². The summed E-state index contributed by atoms with van der Waals surface area (Å²) in [5.74, 6) is -0.195. The van der Waals surface area contributed by atoms with Gasteiger partial charge in [-0.2, -0.15) is 0 Å². The van der Waals surface area contributed by atoms with Gasteiger partial charge < -0.3 is 24.5 Å². The molecule has 0 saturated carbocycles. The van der Waals surface area contributed by atoms with Gasteiger partial charge in [0.25, 0.3) is 11.7 Å². The number of Topliss-reactive ketones (excluding diaryl/α,β-unsaturated/α-hetero) is 1. The number of aromatic amines is 1. The maximum absolute atomic E-state index is 14.2. The van der Waals surface area contributed by atoms with Crippen molar-refractivity contribution in [1.82, 2.24) is 15.2 Å². The number of nitrogens with one attached hydrogen (secondary N) is 2. The minimum absolute atomic E-state index is 0.271. The van der Waals surface area contributed by atoms with E-state index in [-0.39, 0.29) is 5.56 Å². The Morgan fingerprint density at radius 1 is 1.16 bits per heavy atom. The highest BCUT2D eigenvalue weighted by Gasteiger charge is 2.30. The zero-order valence-corrected chi connectivity index (χ0v) is 23.5. The molecule has 4 rings (SSSR count). The van der Waals surface area contributed by atoms with E-state index < -0.39 is 16.8 Å². The van der Waals surface area contributed by atoms with E-state index in [4.69, 9.17) is 4.42 Å². The van der Waals surface area contributed by atoms with E-state index in [1.54, 1.807) is 38.3 Å². The van der Waals surface area contributed by atoms with Crippen molar-refractivity contribution in [3.63, 3.8) is 0 Å². The number of benzene rings is 1. The van der Waals surface area contributed by atoms with Crippen LogP contribution in [0.25, 0.3) is 0 Å². The van der Waals surface area contributed by atoms with E-state index in [0.29, 0.717) is 55.0 Å². The fraction of sp³-hybridized carbons (Fsp3) is 0.346. The minimum Gasteiger partial charge on any atom is -0.468 e. The normalized spacial score (nSPS) is 13.7. The summed E-state index contributed by atoms with van der Waals surface area (Å²) in [5.41, 5.74) is 3.01. The summed E-state index contributed by atoms with van der Waals surface area (Å²) in [7, 11) is 6.20. The van der Waals surface area contributed by atoms with Gasteiger partial charge >= 0.3 is 0 Å². The molecule has 1 aliphatic rings. The van der Waals surface area contributed by atoms with Crippen LogP contribution in [0.15, 0.2) is 47.1 Å². The number of hydrogen-bond donors (Lipinski definition) is 2. The number of piperazine rings is 1. The number of aryl methyl sites for hydroxylation is 1. The van der Waals surface area contributed by atoms with Crippen molar-refractivity contribution < 1.29 is 23.2 Å². The summed E-state index contributed by atoms with van der Waals surface area (Å²) in [6.07, 6.45) is 2.32. The Bertz CT molecular complexity index is 1230. The Labute approximate surface area is 220 Å². The number of alkyl halides is 1. The van der Waals surface area contributed by atoms with Crippen molar-refractivity contribution >= 4 is 42.1 Å². The minimum atomic E-state index is -1.59. The molecule has 0 aliphatic carbocycles. The number of rotatable bonds is 7. The van der Waals surface area contributed by atoms with Crippen LogP contribution in [-0.2, 0) is 16.5 Å². The standard InChI is InChI=1S/C20H24FN3O3P2.C6H9NO/c1-12-16(11-25)22-13(2)17(12)18(26)19(27)24-8-6-23(7-9-24)15-5-3-4-14(10-15)20(21,28)29;1-7-5-6-3-2-4-8-6/h3-5,10-11,22H,6-9,28-29H2,1-2H3;2-4,7H,5H2,1H3. The number of hydrogen-bond acceptors (Lipinski definition) is 6. The first-order valence-corrected chi connectivity index (χ1v) is 13.0. The second-order valence-electron chi connectivity index (χ2n) is 8.82. The highest BCUT2D eigenvalue weighted by molar-refractivity contribution is 7.38. The largest absolute Gasteiger partial charge is 0.468 e. The SMILES string of the molecule is CNCc1ccco1.Cc1[nH]c(C=O)c(C)c1C(=O)C(=O)N1CCN(c2cccc(C(F)(P)P)c2)CC1. The van der Waals surface area contributed by atoms with E-state index in [2.05, 4.69) is 33.7 Å². The van der Waals surface area contributed by atoms with Gasteiger partial charge in [0, 0.05) is 37.6 Å². The molecule has 198 valence electrons. The zero-order chi connectivity index (χ0) is 27.2. The van der Waals surface area contributed by atoms with E-state index in [9.17, 15) is 18.8 Å². The molecule has 1 aromatic carbocycles. The number of amides is 1. The molecular weight excluding hydrogens is 513 g/mol. The van der Waals surface area contributed by atoms with Crippen LogP contribution >= 0.6 is 18.5 Å². The topological polar surface area (TPSA) is 98.6 Å². The van der Waals surface area contributed by atoms with Crippen molar-refractivity contribution in [1.29, 1.82) is 0 Å². The second-order valence-corrected chi connectivity index (χ2v) is 11.2. The van der Waals surface area contributed by atoms with Gasteiger partial charge in [0.15, 0.2) is 11.4 Å². The number of aromatic nitrogens is 1. The number of carbonyl (C=O) groups is 3. The number of ketones is 1. The first-order chi connectivity index (χ1) is 17.6. The third-order valence-corrected chi connectivity index (χ3v) is 6.83. The first-order valence-electron chi connectivity index (χ1n) is 11.8. The third-order valence-electron chi connectivity index (χ3n) is 6.17. The summed E-state index contributed by atoms with van der Waals surface area (Å²) in [6.45, 7) is 6.00. The van der Waals surface area contributed by atoms with Crippen molar-refractivity contribution in [3.8, 4) is 0 Å². The van der Waals surface area contributed by atoms with E-state index >= 15 is 0 Å². The Hall–Kier alpha value is -2.86. The molecule has 0 radical (unpaired) electrons. The number of anilines is 1. The quantitative estimate of drug-likeness (QED) is 0.203. The van der Waals surface area contributed by atoms with Crippen molar-refractivity contribution in [2.24, 2.45) is 0 Å². The first kappa shape index (κ1) is 28.7. The lowest BCUT2D eigenvalue weighted by Gasteiger charge is -2.36. The van der Waals surface area contributed by atoms with Crippen LogP contribution in [0.1, 0.15) is 43.4 Å². The summed E-state index contributed by atoms with van der Waals surface area (Å²) >= 11 is 0. The molecule has 1 aliphatic heterocycles. The van der Waals surface area contributed by atoms with E-state index in [0.717, 1.165) is 18.0 Å². The average molecular weight is 547 g/mol. The lowest BCUT2D eigenvalue weighted by atomic mass is 10.0. The molecule has 3 aromatic rings. The summed E-state index contributed by atoms with van der Waals surface area (Å²) in [6, 6.07) is 11.0. The molecule has 1 amide bonds. The maximum Gasteiger partial charge on any atom is 0.295 e. The molecule has 1 fully saturated rings. The van der Waals surface area contributed by atoms with Crippen LogP contribution in [0.5, 0.6) is 0 Å². The summed E-state index contributed by atoms with van der Waals surface area (Å²) in [4.78, 5) is 43.0. The number of aldehydes is 1. The van der Waals surface area contributed by atoms with Crippen LogP contribution in [0.2, 0.25) is 0 Å². The zero-order valence-electron chi connectivity index (χ0n) is 21.2. The highest BCUT2D eigenvalue weighted by Crippen LogP contribution is 2.41. The number of H-pyrrole nitrogens is 1. The fourth-order valence-electron chi connectivity index (χ4n) is 4.18. The Morgan fingerprint density at radius 3 is 2.41 bits per heavy atom. The fourth-order valence-corrected chi connectivity index (χ4v) is 4.54. The average Bonchev–Trinajstić information content (AvgIpc) is 3.50. The van der Waals surface area contributed by atoms with Crippen LogP contribution in [0.4, 0.5) is 10.1 Å². The predicted octanol–water partition coefficient (Wildman–Crippen LogP) is 3.80. The molecule has 8 nitrogen and oxygen atoms in total. The van der Waals surface area contributed by atoms with Gasteiger partial charge in [0.05, 0.1) is 24.1 Å². The maximum atomic E-state index is 14.2. The van der Waals surface area contributed by atoms with Gasteiger partial charge in [0.1, 0.15) is 5.76 Å². The molecule has 2 unspecified atom stereocenters. The lowest BCUT2D eigenvalue weighted by Crippen LogP contribution is -2.50. The molecule has 0 bridgehead atoms. The lowest BCUT2D eigenvalue weighted by molar-refractivity contribution is -0.126. The van der Waals surface area contributed by atoms with Crippen molar-refractivity contribution in [2.75, 3.05) is 38.1 Å². The molecule has 11 heteroatoms. The van der Waals surface area contributed by atoms with E-state index in [1.165, 1.54) is 4.90 Å². The van der Waals surface area contributed by atoms with Crippen LogP contribution in [0.3, 0.4) is 0 Å². The predicted molar refractivity (Wildman–Crippen MR) is 149 cm³/mol. The summed E-state index contributed by atoms with van der Waals surface area (Å²) in [5, 5.41) is 1.39. The Morgan fingerprint density at radius 2 is 1.86 bits per heavy atom. The summed E-state index contributed by atoms with van der Waals surface area (Å²) < 4.78 is 19.2. The van der Waals surface area contributed by atoms with Gasteiger partial charge in [0.2, 0.25) is 0 Å². The van der Waals surface area contributed by atoms with Gasteiger partial charge in [-0.1, -0.05) is 30.6 Å². The molecule has 2 aromatic heterocycles. The molecule has 2 atom stereocenters. The second kappa shape index (κ2) is 12.6. The smallest absolute Gasteiger partial charge is 0.295 e. The van der Waals surface area contributed by atoms with Gasteiger partial charge in [-0.15, -0.1) is 0 Å². The Balaban J connectivity index is 0.000000405. The van der Waals surface area contributed by atoms with Gasteiger partial charge in [-0.25, -0.2) is 4.39 Å². The monoisotopic (exact) mass is 546 g/mol. The molecule has 1 saturated heterocycles. The van der Waals surface area contributed by atoms with Gasteiger partial charge in [-0.05, 0) is 56.3 Å². The molecule has 37 heavy (non-hydrogen) atoms. The highest BCUT2D eigenvalue weighted by atomic mass is 31.1. The number of carbonyl (C=O) groups excluding carboxylic acids is 3. The van der Waals surface area contributed by atoms with Crippen molar-refractivity contribution in [3.05, 3.63) is 76.5 Å². The van der Waals surface area contributed by atoms with Gasteiger partial charge in [-0.3, -0.25) is 14.4 Å². The third kappa shape index (κ3) is 7.13. The molecular formula is C26H33FN4O4P2. The van der Waals surface area contributed by atoms with E-state index in [1.807, 2.05) is 25.2 Å². The molecule has 3 heterocycles. The van der Waals surface area contributed by atoms with Crippen LogP contribution < -0.4 is 10.2 Å². The Kier molecular flexibility index (Phi) is 9.77. The van der Waals surface area contributed by atoms with Crippen LogP contribution in [0, 0.1) is 13.8 Å². The molecule has 0 spiro atoms.